The molecule has 0 saturated heterocycles. The van der Waals surface area contributed by atoms with Crippen LogP contribution in [0.2, 0.25) is 0 Å². The van der Waals surface area contributed by atoms with Gasteiger partial charge in [-0.3, -0.25) is 10.1 Å². The van der Waals surface area contributed by atoms with Gasteiger partial charge >= 0.3 is 5.69 Å². The predicted octanol–water partition coefficient (Wildman–Crippen LogP) is 3.77. The van der Waals surface area contributed by atoms with Crippen LogP contribution in [0.1, 0.15) is 46.0 Å². The van der Waals surface area contributed by atoms with Crippen LogP contribution in [0.4, 0.5) is 11.5 Å². The molecule has 0 bridgehead atoms. The molecule has 0 radical (unpaired) electrons. The van der Waals surface area contributed by atoms with Crippen molar-refractivity contribution in [1.29, 1.82) is 0 Å². The zero-order valence-corrected chi connectivity index (χ0v) is 12.7. The van der Waals surface area contributed by atoms with Crippen molar-refractivity contribution in [3.8, 4) is 5.88 Å². The number of pyridine rings is 1. The number of nitrogens with one attached hydrogen (secondary N) is 1. The summed E-state index contributed by atoms with van der Waals surface area (Å²) in [5, 5.41) is 14.2. The van der Waals surface area contributed by atoms with Gasteiger partial charge in [0, 0.05) is 12.6 Å². The second-order valence-electron chi connectivity index (χ2n) is 5.49. The number of nitro groups is 1. The Morgan fingerprint density at radius 3 is 2.90 bits per heavy atom. The molecule has 1 fully saturated rings. The summed E-state index contributed by atoms with van der Waals surface area (Å²) in [4.78, 5) is 14.9. The summed E-state index contributed by atoms with van der Waals surface area (Å²) in [6.07, 6.45) is 5.41. The first-order valence-corrected chi connectivity index (χ1v) is 7.70. The SMILES string of the molecule is CCNc1ccc([N+](=O)[O-])c(OC2CCCC(CC)C2)n1. The molecule has 1 N–H and O–H groups in total. The summed E-state index contributed by atoms with van der Waals surface area (Å²) in [5.41, 5.74) is -0.0599. The topological polar surface area (TPSA) is 77.3 Å². The lowest BCUT2D eigenvalue weighted by Gasteiger charge is -2.28. The lowest BCUT2D eigenvalue weighted by Crippen LogP contribution is -2.25. The Kier molecular flexibility index (Phi) is 5.36. The largest absolute Gasteiger partial charge is 0.469 e. The molecule has 116 valence electrons. The monoisotopic (exact) mass is 293 g/mol. The molecule has 0 aromatic carbocycles. The van der Waals surface area contributed by atoms with Gasteiger partial charge in [-0.05, 0) is 38.2 Å². The molecule has 1 aromatic rings. The highest BCUT2D eigenvalue weighted by atomic mass is 16.6. The van der Waals surface area contributed by atoms with Gasteiger partial charge in [-0.2, -0.15) is 4.98 Å². The smallest absolute Gasteiger partial charge is 0.331 e. The van der Waals surface area contributed by atoms with Crippen LogP contribution in [0, 0.1) is 16.0 Å². The summed E-state index contributed by atoms with van der Waals surface area (Å²) in [6.45, 7) is 4.85. The molecule has 6 heteroatoms. The summed E-state index contributed by atoms with van der Waals surface area (Å²) in [6, 6.07) is 3.07. The first kappa shape index (κ1) is 15.5. The molecule has 2 rings (SSSR count). The van der Waals surface area contributed by atoms with Crippen LogP contribution in [0.3, 0.4) is 0 Å². The number of nitrogens with zero attached hydrogens (tertiary/aromatic N) is 2. The average Bonchev–Trinajstić information content (AvgIpc) is 2.48. The fraction of sp³-hybridized carbons (Fsp3) is 0.667. The van der Waals surface area contributed by atoms with Gasteiger partial charge in [0.1, 0.15) is 11.9 Å². The number of aromatic nitrogens is 1. The maximum atomic E-state index is 11.1. The molecule has 6 nitrogen and oxygen atoms in total. The lowest BCUT2D eigenvalue weighted by atomic mass is 9.85. The minimum atomic E-state index is -0.432. The first-order chi connectivity index (χ1) is 10.1. The highest BCUT2D eigenvalue weighted by molar-refractivity contribution is 5.49. The van der Waals surface area contributed by atoms with Crippen molar-refractivity contribution in [3.63, 3.8) is 0 Å². The molecule has 1 aromatic heterocycles. The minimum Gasteiger partial charge on any atom is -0.469 e. The van der Waals surface area contributed by atoms with Gasteiger partial charge in [0.05, 0.1) is 4.92 Å². The number of rotatable bonds is 6. The molecule has 0 amide bonds. The molecule has 2 atom stereocenters. The molecular formula is C15H23N3O3. The molecule has 0 spiro atoms. The van der Waals surface area contributed by atoms with Crippen molar-refractivity contribution in [3.05, 3.63) is 22.2 Å². The molecule has 1 aliphatic carbocycles. The Morgan fingerprint density at radius 2 is 2.24 bits per heavy atom. The van der Waals surface area contributed by atoms with Crippen molar-refractivity contribution < 1.29 is 9.66 Å². The molecule has 1 heterocycles. The zero-order valence-electron chi connectivity index (χ0n) is 12.7. The van der Waals surface area contributed by atoms with Gasteiger partial charge in [0.15, 0.2) is 0 Å². The quantitative estimate of drug-likeness (QED) is 0.638. The second kappa shape index (κ2) is 7.24. The predicted molar refractivity (Wildman–Crippen MR) is 81.7 cm³/mol. The second-order valence-corrected chi connectivity index (χ2v) is 5.49. The number of ether oxygens (including phenoxy) is 1. The van der Waals surface area contributed by atoms with Gasteiger partial charge in [0.2, 0.25) is 0 Å². The highest BCUT2D eigenvalue weighted by Gasteiger charge is 2.26. The average molecular weight is 293 g/mol. The van der Waals surface area contributed by atoms with Crippen molar-refractivity contribution in [2.24, 2.45) is 5.92 Å². The number of hydrogen-bond acceptors (Lipinski definition) is 5. The van der Waals surface area contributed by atoms with Crippen LogP contribution in [0.25, 0.3) is 0 Å². The number of anilines is 1. The third-order valence-corrected chi connectivity index (χ3v) is 3.99. The van der Waals surface area contributed by atoms with Crippen LogP contribution in [-0.2, 0) is 0 Å². The van der Waals surface area contributed by atoms with Gasteiger partial charge in [-0.1, -0.05) is 19.8 Å². The molecule has 0 aliphatic heterocycles. The van der Waals surface area contributed by atoms with E-state index >= 15 is 0 Å². The van der Waals surface area contributed by atoms with Crippen LogP contribution in [-0.4, -0.2) is 22.6 Å². The van der Waals surface area contributed by atoms with Gasteiger partial charge in [-0.15, -0.1) is 0 Å². The van der Waals surface area contributed by atoms with E-state index in [0.29, 0.717) is 18.3 Å². The van der Waals surface area contributed by atoms with E-state index in [1.54, 1.807) is 6.07 Å². The van der Waals surface area contributed by atoms with Crippen LogP contribution in [0.15, 0.2) is 12.1 Å². The molecule has 1 aliphatic rings. The van der Waals surface area contributed by atoms with Gasteiger partial charge < -0.3 is 10.1 Å². The standard InChI is InChI=1S/C15H23N3O3/c1-3-11-6-5-7-12(10-11)21-15-13(18(19)20)8-9-14(17-15)16-4-2/h8-9,11-12H,3-7,10H2,1-2H3,(H,16,17). The minimum absolute atomic E-state index is 0.0341. The van der Waals surface area contributed by atoms with Crippen molar-refractivity contribution in [2.45, 2.75) is 52.1 Å². The fourth-order valence-corrected chi connectivity index (χ4v) is 2.82. The first-order valence-electron chi connectivity index (χ1n) is 7.70. The van der Waals surface area contributed by atoms with Crippen molar-refractivity contribution in [1.82, 2.24) is 4.98 Å². The Labute approximate surface area is 125 Å². The molecule has 1 saturated carbocycles. The highest BCUT2D eigenvalue weighted by Crippen LogP contribution is 2.33. The molecule has 2 unspecified atom stereocenters. The van der Waals surface area contributed by atoms with E-state index in [-0.39, 0.29) is 17.7 Å². The normalized spacial score (nSPS) is 21.8. The lowest BCUT2D eigenvalue weighted by molar-refractivity contribution is -0.386. The summed E-state index contributed by atoms with van der Waals surface area (Å²) >= 11 is 0. The van der Waals surface area contributed by atoms with Crippen molar-refractivity contribution in [2.75, 3.05) is 11.9 Å². The van der Waals surface area contributed by atoms with Gasteiger partial charge in [-0.25, -0.2) is 0 Å². The third-order valence-electron chi connectivity index (χ3n) is 3.99. The van der Waals surface area contributed by atoms with E-state index in [9.17, 15) is 10.1 Å². The molecular weight excluding hydrogens is 270 g/mol. The van der Waals surface area contributed by atoms with Crippen LogP contribution in [0.5, 0.6) is 5.88 Å². The van der Waals surface area contributed by atoms with Crippen molar-refractivity contribution >= 4 is 11.5 Å². The summed E-state index contributed by atoms with van der Waals surface area (Å²) in [7, 11) is 0. The van der Waals surface area contributed by atoms with E-state index in [0.717, 1.165) is 25.7 Å². The van der Waals surface area contributed by atoms with E-state index in [2.05, 4.69) is 17.2 Å². The maximum Gasteiger partial charge on any atom is 0.331 e. The number of hydrogen-bond donors (Lipinski definition) is 1. The molecule has 21 heavy (non-hydrogen) atoms. The van der Waals surface area contributed by atoms with E-state index < -0.39 is 4.92 Å². The maximum absolute atomic E-state index is 11.1. The van der Waals surface area contributed by atoms with Gasteiger partial charge in [0.25, 0.3) is 5.88 Å². The Bertz CT molecular complexity index is 493. The Balaban J connectivity index is 2.16. The van der Waals surface area contributed by atoms with E-state index in [1.807, 2.05) is 6.92 Å². The zero-order chi connectivity index (χ0) is 15.2. The Hall–Kier alpha value is -1.85. The summed E-state index contributed by atoms with van der Waals surface area (Å²) < 4.78 is 5.87. The fourth-order valence-electron chi connectivity index (χ4n) is 2.82. The third kappa shape index (κ3) is 4.06. The summed E-state index contributed by atoms with van der Waals surface area (Å²) in [5.74, 6) is 1.40. The van der Waals surface area contributed by atoms with Crippen LogP contribution >= 0.6 is 0 Å². The van der Waals surface area contributed by atoms with E-state index in [4.69, 9.17) is 4.74 Å². The van der Waals surface area contributed by atoms with Crippen LogP contribution < -0.4 is 10.1 Å². The van der Waals surface area contributed by atoms with E-state index in [1.165, 1.54) is 12.5 Å². The Morgan fingerprint density at radius 1 is 1.43 bits per heavy atom.